The minimum Gasteiger partial charge on any atom is -0.485 e. The average Bonchev–Trinajstić information content (AvgIpc) is 3.28. The van der Waals surface area contributed by atoms with E-state index < -0.39 is 27.5 Å². The number of anilines is 1. The Bertz CT molecular complexity index is 1500. The molecule has 0 amide bonds. The van der Waals surface area contributed by atoms with Crippen molar-refractivity contribution in [2.75, 3.05) is 17.4 Å². The first kappa shape index (κ1) is 23.6. The van der Waals surface area contributed by atoms with E-state index in [0.29, 0.717) is 16.3 Å². The molecule has 4 aromatic rings. The van der Waals surface area contributed by atoms with Crippen LogP contribution < -0.4 is 10.1 Å². The first-order valence-electron chi connectivity index (χ1n) is 9.84. The van der Waals surface area contributed by atoms with Gasteiger partial charge in [0, 0.05) is 36.5 Å². The summed E-state index contributed by atoms with van der Waals surface area (Å²) in [5.74, 6) is -1.92. The number of carbonyl (C=O) groups is 1. The van der Waals surface area contributed by atoms with Gasteiger partial charge in [-0.25, -0.2) is 17.6 Å². The summed E-state index contributed by atoms with van der Waals surface area (Å²) in [5, 5.41) is 17.5. The van der Waals surface area contributed by atoms with Crippen LogP contribution in [-0.4, -0.2) is 41.4 Å². The molecule has 2 aromatic carbocycles. The van der Waals surface area contributed by atoms with Crippen LogP contribution in [0.3, 0.4) is 0 Å². The molecule has 0 spiro atoms. The third-order valence-electron chi connectivity index (χ3n) is 4.85. The van der Waals surface area contributed by atoms with Crippen molar-refractivity contribution in [2.24, 2.45) is 7.05 Å². The van der Waals surface area contributed by atoms with Crippen LogP contribution in [0.1, 0.15) is 16.1 Å². The van der Waals surface area contributed by atoms with E-state index in [4.69, 9.17) is 20.8 Å². The van der Waals surface area contributed by atoms with Gasteiger partial charge in [0.25, 0.3) is 0 Å². The molecule has 0 bridgehead atoms. The highest BCUT2D eigenvalue weighted by Gasteiger charge is 2.24. The van der Waals surface area contributed by atoms with E-state index in [1.54, 1.807) is 13.2 Å². The van der Waals surface area contributed by atoms with Crippen LogP contribution in [0.5, 0.6) is 5.75 Å². The number of aromatic carboxylic acids is 1. The first-order valence-corrected chi connectivity index (χ1v) is 12.3. The maximum Gasteiger partial charge on any atom is 0.340 e. The fourth-order valence-electron chi connectivity index (χ4n) is 3.36. The van der Waals surface area contributed by atoms with Gasteiger partial charge in [-0.05, 0) is 30.3 Å². The number of rotatable bonds is 8. The molecule has 4 rings (SSSR count). The van der Waals surface area contributed by atoms with Crippen molar-refractivity contribution in [3.63, 3.8) is 0 Å². The van der Waals surface area contributed by atoms with E-state index in [0.717, 1.165) is 6.26 Å². The predicted molar refractivity (Wildman–Crippen MR) is 124 cm³/mol. The van der Waals surface area contributed by atoms with Gasteiger partial charge >= 0.3 is 5.97 Å². The van der Waals surface area contributed by atoms with E-state index in [1.165, 1.54) is 41.1 Å². The molecule has 12 heteroatoms. The number of furan rings is 1. The minimum absolute atomic E-state index is 0.0292. The minimum atomic E-state index is -3.39. The number of hydrogen-bond acceptors (Lipinski definition) is 7. The lowest BCUT2D eigenvalue weighted by Crippen LogP contribution is -2.13. The van der Waals surface area contributed by atoms with Gasteiger partial charge in [0.2, 0.25) is 0 Å². The highest BCUT2D eigenvalue weighted by molar-refractivity contribution is 7.90. The van der Waals surface area contributed by atoms with Crippen LogP contribution in [0.2, 0.25) is 5.02 Å². The predicted octanol–water partition coefficient (Wildman–Crippen LogP) is 4.32. The lowest BCUT2D eigenvalue weighted by Gasteiger charge is -2.13. The number of ether oxygens (including phenoxy) is 1. The smallest absolute Gasteiger partial charge is 0.340 e. The Labute approximate surface area is 198 Å². The van der Waals surface area contributed by atoms with Crippen molar-refractivity contribution in [1.29, 1.82) is 0 Å². The number of nitrogens with one attached hydrogen (secondary N) is 1. The van der Waals surface area contributed by atoms with Crippen molar-refractivity contribution in [3.8, 4) is 17.1 Å². The highest BCUT2D eigenvalue weighted by Crippen LogP contribution is 2.39. The topological polar surface area (TPSA) is 124 Å². The van der Waals surface area contributed by atoms with Crippen molar-refractivity contribution < 1.29 is 31.9 Å². The molecule has 0 saturated heterocycles. The maximum atomic E-state index is 13.4. The number of sulfone groups is 1. The number of hydrogen-bond donors (Lipinski definition) is 2. The summed E-state index contributed by atoms with van der Waals surface area (Å²) in [4.78, 5) is 12.1. The molecule has 2 heterocycles. The molecular weight excluding hydrogens is 489 g/mol. The maximum absolute atomic E-state index is 13.4. The summed E-state index contributed by atoms with van der Waals surface area (Å²) in [5.41, 5.74) is 1.11. The number of carboxylic acid groups (broad SMARTS) is 1. The standard InChI is InChI=1S/C22H19ClFN3O6S/c1-27-9-15(23)17(26-27)10-32-19-7-14-18(8-16(19)25-11-34(2,30)31)33-21(20(14)22(28)29)12-3-5-13(24)6-4-12/h3-9,25H,10-11H2,1-2H3,(H,28,29). The third kappa shape index (κ3) is 5.00. The summed E-state index contributed by atoms with van der Waals surface area (Å²) in [6, 6.07) is 8.09. The molecule has 178 valence electrons. The van der Waals surface area contributed by atoms with Crippen LogP contribution in [-0.2, 0) is 23.5 Å². The van der Waals surface area contributed by atoms with Crippen LogP contribution in [0.25, 0.3) is 22.3 Å². The molecule has 0 atom stereocenters. The Hall–Kier alpha value is -3.57. The SMILES string of the molecule is Cn1cc(Cl)c(COc2cc3c(C(=O)O)c(-c4ccc(F)cc4)oc3cc2NCS(C)(=O)=O)n1. The zero-order valence-corrected chi connectivity index (χ0v) is 19.6. The molecule has 9 nitrogen and oxygen atoms in total. The zero-order valence-electron chi connectivity index (χ0n) is 18.0. The highest BCUT2D eigenvalue weighted by atomic mass is 35.5. The van der Waals surface area contributed by atoms with Gasteiger partial charge in [0.05, 0.1) is 10.7 Å². The Balaban J connectivity index is 1.83. The van der Waals surface area contributed by atoms with Crippen molar-refractivity contribution in [2.45, 2.75) is 6.61 Å². The lowest BCUT2D eigenvalue weighted by atomic mass is 10.0. The fourth-order valence-corrected chi connectivity index (χ4v) is 4.01. The third-order valence-corrected chi connectivity index (χ3v) is 5.84. The van der Waals surface area contributed by atoms with Crippen molar-refractivity contribution in [1.82, 2.24) is 9.78 Å². The Morgan fingerprint density at radius 3 is 2.59 bits per heavy atom. The van der Waals surface area contributed by atoms with Gasteiger partial charge in [-0.15, -0.1) is 0 Å². The Kier molecular flexibility index (Phi) is 6.24. The second kappa shape index (κ2) is 8.99. The second-order valence-corrected chi connectivity index (χ2v) is 10.1. The van der Waals surface area contributed by atoms with Crippen LogP contribution in [0.4, 0.5) is 10.1 Å². The molecule has 0 fully saturated rings. The number of fused-ring (bicyclic) bond motifs is 1. The molecular formula is C22H19ClFN3O6S. The number of carboxylic acids is 1. The monoisotopic (exact) mass is 507 g/mol. The first-order chi connectivity index (χ1) is 16.0. The number of aryl methyl sites for hydroxylation is 1. The average molecular weight is 508 g/mol. The summed E-state index contributed by atoms with van der Waals surface area (Å²) >= 11 is 6.14. The van der Waals surface area contributed by atoms with E-state index in [9.17, 15) is 22.7 Å². The number of nitrogens with zero attached hydrogens (tertiary/aromatic N) is 2. The molecule has 2 N–H and O–H groups in total. The summed E-state index contributed by atoms with van der Waals surface area (Å²) in [6.45, 7) is -0.0518. The van der Waals surface area contributed by atoms with E-state index >= 15 is 0 Å². The van der Waals surface area contributed by atoms with Crippen molar-refractivity contribution >= 4 is 44.1 Å². The zero-order chi connectivity index (χ0) is 24.6. The lowest BCUT2D eigenvalue weighted by molar-refractivity contribution is 0.0699. The quantitative estimate of drug-likeness (QED) is 0.361. The van der Waals surface area contributed by atoms with Crippen LogP contribution in [0.15, 0.2) is 47.0 Å². The number of aromatic nitrogens is 2. The van der Waals surface area contributed by atoms with Crippen LogP contribution in [0, 0.1) is 5.82 Å². The normalized spacial score (nSPS) is 11.6. The van der Waals surface area contributed by atoms with E-state index in [1.807, 2.05) is 0 Å². The molecule has 0 aliphatic rings. The van der Waals surface area contributed by atoms with Gasteiger partial charge < -0.3 is 19.6 Å². The van der Waals surface area contributed by atoms with Gasteiger partial charge in [0.1, 0.15) is 46.7 Å². The van der Waals surface area contributed by atoms with Gasteiger partial charge in [-0.2, -0.15) is 5.10 Å². The molecule has 0 saturated carbocycles. The van der Waals surface area contributed by atoms with Crippen molar-refractivity contribution in [3.05, 3.63) is 64.7 Å². The van der Waals surface area contributed by atoms with Gasteiger partial charge in [-0.3, -0.25) is 4.68 Å². The second-order valence-electron chi connectivity index (χ2n) is 7.60. The van der Waals surface area contributed by atoms with E-state index in [2.05, 4.69) is 10.4 Å². The summed E-state index contributed by atoms with van der Waals surface area (Å²) in [6.07, 6.45) is 2.66. The summed E-state index contributed by atoms with van der Waals surface area (Å²) < 4.78 is 50.0. The Morgan fingerprint density at radius 2 is 2.00 bits per heavy atom. The largest absolute Gasteiger partial charge is 0.485 e. The molecule has 34 heavy (non-hydrogen) atoms. The molecule has 0 aliphatic heterocycles. The Morgan fingerprint density at radius 1 is 1.29 bits per heavy atom. The molecule has 2 aromatic heterocycles. The van der Waals surface area contributed by atoms with Gasteiger partial charge in [-0.1, -0.05) is 11.6 Å². The fraction of sp³-hybridized carbons (Fsp3) is 0.182. The summed E-state index contributed by atoms with van der Waals surface area (Å²) in [7, 11) is -1.69. The number of benzene rings is 2. The molecule has 0 unspecified atom stereocenters. The van der Waals surface area contributed by atoms with Crippen LogP contribution >= 0.6 is 11.6 Å². The molecule has 0 radical (unpaired) electrons. The molecule has 0 aliphatic carbocycles. The van der Waals surface area contributed by atoms with E-state index in [-0.39, 0.29) is 40.3 Å². The van der Waals surface area contributed by atoms with Gasteiger partial charge in [0.15, 0.2) is 9.84 Å². The number of halogens is 2.